The molecule has 1 aliphatic rings. The topological polar surface area (TPSA) is 46.9 Å². The van der Waals surface area contributed by atoms with Crippen molar-refractivity contribution in [3.8, 4) is 0 Å². The molecule has 2 aromatic rings. The number of fused-ring (bicyclic) bond motifs is 1. The minimum absolute atomic E-state index is 0.150. The zero-order valence-electron chi connectivity index (χ0n) is 15.4. The van der Waals surface area contributed by atoms with Gasteiger partial charge in [0.05, 0.1) is 6.26 Å². The highest BCUT2D eigenvalue weighted by atomic mass is 16.7. The number of methoxy groups -OCH3 is 2. The number of hydrogen-bond donors (Lipinski definition) is 1. The molecule has 0 unspecified atom stereocenters. The highest BCUT2D eigenvalue weighted by molar-refractivity contribution is 5.80. The number of ether oxygens (including phenoxy) is 2. The van der Waals surface area contributed by atoms with E-state index in [1.807, 2.05) is 18.4 Å². The van der Waals surface area contributed by atoms with Crippen LogP contribution in [-0.2, 0) is 15.9 Å². The molecule has 5 nitrogen and oxygen atoms in total. The fraction of sp³-hybridized carbons (Fsp3) is 0.600. The van der Waals surface area contributed by atoms with E-state index in [0.29, 0.717) is 6.04 Å². The summed E-state index contributed by atoms with van der Waals surface area (Å²) in [6, 6.07) is 8.86. The van der Waals surface area contributed by atoms with Crippen molar-refractivity contribution in [1.29, 1.82) is 0 Å². The second kappa shape index (κ2) is 9.34. The lowest BCUT2D eigenvalue weighted by Crippen LogP contribution is -2.45. The van der Waals surface area contributed by atoms with E-state index in [1.54, 1.807) is 14.2 Å². The Kier molecular flexibility index (Phi) is 6.87. The number of benzene rings is 1. The van der Waals surface area contributed by atoms with E-state index < -0.39 is 0 Å². The van der Waals surface area contributed by atoms with E-state index in [1.165, 1.54) is 30.2 Å². The molecule has 3 rings (SSSR count). The second-order valence-electron chi connectivity index (χ2n) is 6.79. The summed E-state index contributed by atoms with van der Waals surface area (Å²) in [6.45, 7) is 4.24. The van der Waals surface area contributed by atoms with Gasteiger partial charge >= 0.3 is 0 Å². The van der Waals surface area contributed by atoms with Gasteiger partial charge in [-0.3, -0.25) is 0 Å². The fourth-order valence-electron chi connectivity index (χ4n) is 3.61. The van der Waals surface area contributed by atoms with Crippen LogP contribution in [0.15, 0.2) is 34.9 Å². The van der Waals surface area contributed by atoms with Crippen molar-refractivity contribution in [2.24, 2.45) is 0 Å². The van der Waals surface area contributed by atoms with Crippen LogP contribution in [0, 0.1) is 0 Å². The van der Waals surface area contributed by atoms with Crippen molar-refractivity contribution < 1.29 is 13.9 Å². The molecule has 138 valence electrons. The minimum atomic E-state index is -0.150. The van der Waals surface area contributed by atoms with Crippen LogP contribution in [0.1, 0.15) is 24.8 Å². The zero-order chi connectivity index (χ0) is 17.5. The fourth-order valence-corrected chi connectivity index (χ4v) is 3.61. The Bertz CT molecular complexity index is 631. The van der Waals surface area contributed by atoms with Gasteiger partial charge in [-0.15, -0.1) is 0 Å². The standard InChI is InChI=1S/C20H30N2O3/c1-23-20(24-2)14-21-17-9-12-22(13-10-17)11-5-6-16-15-25-19-8-4-3-7-18(16)19/h3-4,7-8,15,17,20-21H,5-6,9-14H2,1-2H3. The molecule has 0 bridgehead atoms. The monoisotopic (exact) mass is 346 g/mol. The number of likely N-dealkylation sites (tertiary alicyclic amines) is 1. The molecule has 0 aliphatic carbocycles. The first-order valence-electron chi connectivity index (χ1n) is 9.26. The molecule has 1 aliphatic heterocycles. The number of furan rings is 1. The SMILES string of the molecule is COC(CNC1CCN(CCCc2coc3ccccc23)CC1)OC. The maximum absolute atomic E-state index is 5.63. The lowest BCUT2D eigenvalue weighted by molar-refractivity contribution is -0.100. The molecule has 1 fully saturated rings. The number of rotatable bonds is 9. The maximum atomic E-state index is 5.63. The van der Waals surface area contributed by atoms with Crippen LogP contribution in [0.4, 0.5) is 0 Å². The Morgan fingerprint density at radius 1 is 1.20 bits per heavy atom. The third kappa shape index (κ3) is 5.05. The molecule has 0 amide bonds. The van der Waals surface area contributed by atoms with Gasteiger partial charge in [0.2, 0.25) is 0 Å². The van der Waals surface area contributed by atoms with E-state index in [9.17, 15) is 0 Å². The van der Waals surface area contributed by atoms with Crippen molar-refractivity contribution in [1.82, 2.24) is 10.2 Å². The molecule has 2 heterocycles. The molecular formula is C20H30N2O3. The Morgan fingerprint density at radius 3 is 2.72 bits per heavy atom. The Morgan fingerprint density at radius 2 is 1.96 bits per heavy atom. The molecule has 1 saturated heterocycles. The van der Waals surface area contributed by atoms with Crippen LogP contribution in [0.2, 0.25) is 0 Å². The van der Waals surface area contributed by atoms with Crippen molar-refractivity contribution in [3.05, 3.63) is 36.1 Å². The zero-order valence-corrected chi connectivity index (χ0v) is 15.4. The average Bonchev–Trinajstić information content (AvgIpc) is 3.07. The van der Waals surface area contributed by atoms with Crippen LogP contribution in [-0.4, -0.2) is 57.6 Å². The normalized spacial score (nSPS) is 16.9. The van der Waals surface area contributed by atoms with Crippen molar-refractivity contribution in [2.45, 2.75) is 38.0 Å². The van der Waals surface area contributed by atoms with Gasteiger partial charge in [0.15, 0.2) is 6.29 Å². The van der Waals surface area contributed by atoms with Crippen molar-refractivity contribution >= 4 is 11.0 Å². The molecule has 1 aromatic carbocycles. The summed E-state index contributed by atoms with van der Waals surface area (Å²) in [5.41, 5.74) is 2.33. The third-order valence-electron chi connectivity index (χ3n) is 5.17. The predicted octanol–water partition coefficient (Wildman–Crippen LogP) is 3.04. The number of nitrogens with one attached hydrogen (secondary N) is 1. The lowest BCUT2D eigenvalue weighted by Gasteiger charge is -2.33. The van der Waals surface area contributed by atoms with E-state index in [0.717, 1.165) is 38.2 Å². The van der Waals surface area contributed by atoms with E-state index in [4.69, 9.17) is 13.9 Å². The van der Waals surface area contributed by atoms with Crippen LogP contribution in [0.25, 0.3) is 11.0 Å². The summed E-state index contributed by atoms with van der Waals surface area (Å²) in [7, 11) is 3.36. The first-order valence-corrected chi connectivity index (χ1v) is 9.26. The van der Waals surface area contributed by atoms with Crippen molar-refractivity contribution in [3.63, 3.8) is 0 Å². The summed E-state index contributed by atoms with van der Waals surface area (Å²) >= 11 is 0. The number of para-hydroxylation sites is 1. The highest BCUT2D eigenvalue weighted by Gasteiger charge is 2.19. The predicted molar refractivity (Wildman–Crippen MR) is 99.8 cm³/mol. The molecule has 5 heteroatoms. The molecule has 0 atom stereocenters. The first-order chi connectivity index (χ1) is 12.3. The molecule has 0 radical (unpaired) electrons. The van der Waals surface area contributed by atoms with E-state index in [-0.39, 0.29) is 6.29 Å². The van der Waals surface area contributed by atoms with Crippen LogP contribution in [0.5, 0.6) is 0 Å². The lowest BCUT2D eigenvalue weighted by atomic mass is 10.0. The van der Waals surface area contributed by atoms with E-state index in [2.05, 4.69) is 22.3 Å². The second-order valence-corrected chi connectivity index (χ2v) is 6.79. The van der Waals surface area contributed by atoms with Gasteiger partial charge in [-0.2, -0.15) is 0 Å². The number of piperidine rings is 1. The van der Waals surface area contributed by atoms with Gasteiger partial charge in [-0.25, -0.2) is 0 Å². The average molecular weight is 346 g/mol. The van der Waals surface area contributed by atoms with Gasteiger partial charge < -0.3 is 24.1 Å². The molecule has 25 heavy (non-hydrogen) atoms. The summed E-state index contributed by atoms with van der Waals surface area (Å²) in [6.07, 6.45) is 6.41. The quantitative estimate of drug-likeness (QED) is 0.707. The van der Waals surface area contributed by atoms with Crippen molar-refractivity contribution in [2.75, 3.05) is 40.4 Å². The van der Waals surface area contributed by atoms with Crippen LogP contribution < -0.4 is 5.32 Å². The number of nitrogens with zero attached hydrogens (tertiary/aromatic N) is 1. The van der Waals surface area contributed by atoms with E-state index >= 15 is 0 Å². The smallest absolute Gasteiger partial charge is 0.169 e. The Labute approximate surface area is 150 Å². The summed E-state index contributed by atoms with van der Waals surface area (Å²) in [5, 5.41) is 4.81. The first kappa shape index (κ1) is 18.4. The summed E-state index contributed by atoms with van der Waals surface area (Å²) in [4.78, 5) is 2.57. The largest absolute Gasteiger partial charge is 0.464 e. The Balaban J connectivity index is 1.35. The Hall–Kier alpha value is -1.40. The van der Waals surface area contributed by atoms with Crippen LogP contribution in [0.3, 0.4) is 0 Å². The van der Waals surface area contributed by atoms with Gasteiger partial charge in [0, 0.05) is 32.2 Å². The van der Waals surface area contributed by atoms with Gasteiger partial charge in [0.1, 0.15) is 5.58 Å². The van der Waals surface area contributed by atoms with Gasteiger partial charge in [-0.05, 0) is 56.9 Å². The molecule has 0 saturated carbocycles. The molecular weight excluding hydrogens is 316 g/mol. The number of hydrogen-bond acceptors (Lipinski definition) is 5. The summed E-state index contributed by atoms with van der Waals surface area (Å²) < 4.78 is 16.1. The highest BCUT2D eigenvalue weighted by Crippen LogP contribution is 2.22. The maximum Gasteiger partial charge on any atom is 0.169 e. The minimum Gasteiger partial charge on any atom is -0.464 e. The molecule has 1 N–H and O–H groups in total. The molecule has 0 spiro atoms. The summed E-state index contributed by atoms with van der Waals surface area (Å²) in [5.74, 6) is 0. The number of aryl methyl sites for hydroxylation is 1. The van der Waals surface area contributed by atoms with Gasteiger partial charge in [0.25, 0.3) is 0 Å². The van der Waals surface area contributed by atoms with Gasteiger partial charge in [-0.1, -0.05) is 18.2 Å². The third-order valence-corrected chi connectivity index (χ3v) is 5.17. The molecule has 1 aromatic heterocycles. The van der Waals surface area contributed by atoms with Crippen LogP contribution >= 0.6 is 0 Å².